The second-order valence-electron chi connectivity index (χ2n) is 10.2. The maximum Gasteiger partial charge on any atom is 0.306 e. The van der Waals surface area contributed by atoms with Crippen molar-refractivity contribution >= 4 is 11.9 Å². The van der Waals surface area contributed by atoms with E-state index in [2.05, 4.69) is 32.6 Å². The third-order valence-corrected chi connectivity index (χ3v) is 7.08. The summed E-state index contributed by atoms with van der Waals surface area (Å²) in [4.78, 5) is 21.2. The molecule has 2 N–H and O–H groups in total. The quantitative estimate of drug-likeness (QED) is 0.333. The molecule has 37 heavy (non-hydrogen) atoms. The first kappa shape index (κ1) is 31.7. The van der Waals surface area contributed by atoms with Crippen LogP contribution in [-0.4, -0.2) is 33.4 Å². The van der Waals surface area contributed by atoms with Crippen molar-refractivity contribution in [2.75, 3.05) is 0 Å². The molecule has 2 heterocycles. The van der Waals surface area contributed by atoms with Gasteiger partial charge in [-0.05, 0) is 101 Å². The summed E-state index contributed by atoms with van der Waals surface area (Å²) in [6, 6.07) is 9.76. The SMILES string of the molecule is C.C=CC1(C)CCC(=O)O1.Cc1ccc2c(c1C)OC(C)(CCC(=O)O)CC2.Cc1cccc(O)c1C. The molecule has 0 aliphatic carbocycles. The van der Waals surface area contributed by atoms with Crippen LogP contribution in [0.25, 0.3) is 0 Å². The number of esters is 1. The molecule has 2 aromatic carbocycles. The predicted molar refractivity (Wildman–Crippen MR) is 148 cm³/mol. The molecule has 4 rings (SSSR count). The van der Waals surface area contributed by atoms with Crippen molar-refractivity contribution in [2.45, 2.75) is 98.7 Å². The maximum absolute atomic E-state index is 10.7. The fourth-order valence-electron chi connectivity index (χ4n) is 4.02. The molecule has 2 aliphatic rings. The highest BCUT2D eigenvalue weighted by Crippen LogP contribution is 2.38. The first-order valence-electron chi connectivity index (χ1n) is 12.4. The number of carboxylic acid groups (broad SMARTS) is 1. The van der Waals surface area contributed by atoms with Crippen LogP contribution in [0.15, 0.2) is 43.0 Å². The number of aliphatic carboxylic acids is 1. The first-order chi connectivity index (χ1) is 16.8. The number of ether oxygens (including phenoxy) is 2. The van der Waals surface area contributed by atoms with Gasteiger partial charge in [0.25, 0.3) is 0 Å². The first-order valence-corrected chi connectivity index (χ1v) is 12.4. The molecule has 0 saturated carbocycles. The Morgan fingerprint density at radius 1 is 1.00 bits per heavy atom. The summed E-state index contributed by atoms with van der Waals surface area (Å²) in [7, 11) is 0. The van der Waals surface area contributed by atoms with Crippen LogP contribution in [-0.2, 0) is 20.7 Å². The van der Waals surface area contributed by atoms with Crippen LogP contribution in [0.5, 0.6) is 11.5 Å². The van der Waals surface area contributed by atoms with Crippen molar-refractivity contribution in [1.82, 2.24) is 0 Å². The number of hydrogen-bond donors (Lipinski definition) is 2. The molecule has 2 unspecified atom stereocenters. The number of cyclic esters (lactones) is 1. The van der Waals surface area contributed by atoms with E-state index in [1.54, 1.807) is 12.1 Å². The summed E-state index contributed by atoms with van der Waals surface area (Å²) in [6.07, 6.45) is 5.56. The van der Waals surface area contributed by atoms with Gasteiger partial charge in [-0.1, -0.05) is 38.3 Å². The van der Waals surface area contributed by atoms with Gasteiger partial charge >= 0.3 is 11.9 Å². The van der Waals surface area contributed by atoms with Gasteiger partial charge in [-0.3, -0.25) is 9.59 Å². The zero-order chi connectivity index (χ0) is 27.1. The minimum Gasteiger partial charge on any atom is -0.508 e. The van der Waals surface area contributed by atoms with Gasteiger partial charge in [-0.2, -0.15) is 0 Å². The Balaban J connectivity index is 0.000000304. The number of benzene rings is 2. The Morgan fingerprint density at radius 3 is 2.14 bits per heavy atom. The molecule has 0 aromatic heterocycles. The molecule has 6 nitrogen and oxygen atoms in total. The fourth-order valence-corrected chi connectivity index (χ4v) is 4.02. The van der Waals surface area contributed by atoms with Gasteiger partial charge < -0.3 is 19.7 Å². The topological polar surface area (TPSA) is 93.1 Å². The Labute approximate surface area is 222 Å². The van der Waals surface area contributed by atoms with Crippen LogP contribution in [0.3, 0.4) is 0 Å². The number of fused-ring (bicyclic) bond motifs is 1. The molecule has 204 valence electrons. The van der Waals surface area contributed by atoms with Gasteiger partial charge in [-0.25, -0.2) is 0 Å². The molecular formula is C31H44O6. The van der Waals surface area contributed by atoms with Gasteiger partial charge in [0.1, 0.15) is 22.7 Å². The lowest BCUT2D eigenvalue weighted by molar-refractivity contribution is -0.144. The van der Waals surface area contributed by atoms with Crippen molar-refractivity contribution < 1.29 is 29.3 Å². The predicted octanol–water partition coefficient (Wildman–Crippen LogP) is 7.17. The smallest absolute Gasteiger partial charge is 0.306 e. The summed E-state index contributed by atoms with van der Waals surface area (Å²) in [5.74, 6) is 0.480. The zero-order valence-electron chi connectivity index (χ0n) is 22.4. The Kier molecular flexibility index (Phi) is 11.4. The van der Waals surface area contributed by atoms with Crippen molar-refractivity contribution in [3.05, 3.63) is 70.8 Å². The lowest BCUT2D eigenvalue weighted by atomic mass is 9.87. The number of carbonyl (C=O) groups excluding carboxylic acids is 1. The summed E-state index contributed by atoms with van der Waals surface area (Å²) in [6.45, 7) is 15.5. The lowest BCUT2D eigenvalue weighted by Gasteiger charge is -2.36. The van der Waals surface area contributed by atoms with E-state index in [9.17, 15) is 9.59 Å². The molecule has 0 bridgehead atoms. The average molecular weight is 513 g/mol. The minimum absolute atomic E-state index is 0. The van der Waals surface area contributed by atoms with Crippen LogP contribution in [0.4, 0.5) is 0 Å². The van der Waals surface area contributed by atoms with Crippen LogP contribution in [0, 0.1) is 27.7 Å². The van der Waals surface area contributed by atoms with Crippen molar-refractivity contribution in [3.63, 3.8) is 0 Å². The lowest BCUT2D eigenvalue weighted by Crippen LogP contribution is -2.37. The molecule has 0 spiro atoms. The van der Waals surface area contributed by atoms with Crippen LogP contribution in [0.1, 0.15) is 81.2 Å². The largest absolute Gasteiger partial charge is 0.508 e. The minimum atomic E-state index is -0.758. The summed E-state index contributed by atoms with van der Waals surface area (Å²) in [5.41, 5.74) is 5.02. The van der Waals surface area contributed by atoms with E-state index < -0.39 is 5.97 Å². The second-order valence-corrected chi connectivity index (χ2v) is 10.2. The normalized spacial score (nSPS) is 21.4. The highest BCUT2D eigenvalue weighted by atomic mass is 16.6. The molecule has 6 heteroatoms. The number of phenolic OH excluding ortho intramolecular Hbond substituents is 1. The van der Waals surface area contributed by atoms with Gasteiger partial charge in [0.15, 0.2) is 0 Å². The van der Waals surface area contributed by atoms with Crippen LogP contribution in [0.2, 0.25) is 0 Å². The Morgan fingerprint density at radius 2 is 1.65 bits per heavy atom. The van der Waals surface area contributed by atoms with Crippen molar-refractivity contribution in [3.8, 4) is 11.5 Å². The molecule has 1 fully saturated rings. The number of carboxylic acids is 1. The number of rotatable bonds is 4. The molecule has 0 radical (unpaired) electrons. The molecule has 2 aromatic rings. The summed E-state index contributed by atoms with van der Waals surface area (Å²) in [5, 5.41) is 17.9. The second kappa shape index (κ2) is 13.3. The van der Waals surface area contributed by atoms with E-state index in [1.807, 2.05) is 39.8 Å². The van der Waals surface area contributed by atoms with E-state index in [-0.39, 0.29) is 31.0 Å². The van der Waals surface area contributed by atoms with E-state index in [1.165, 1.54) is 16.7 Å². The number of aryl methyl sites for hydroxylation is 3. The molecular weight excluding hydrogens is 468 g/mol. The third kappa shape index (κ3) is 8.96. The van der Waals surface area contributed by atoms with E-state index >= 15 is 0 Å². The van der Waals surface area contributed by atoms with Crippen molar-refractivity contribution in [2.24, 2.45) is 0 Å². The Hall–Kier alpha value is -3.28. The summed E-state index contributed by atoms with van der Waals surface area (Å²) >= 11 is 0. The van der Waals surface area contributed by atoms with Gasteiger partial charge in [0, 0.05) is 19.3 Å². The number of phenols is 1. The van der Waals surface area contributed by atoms with E-state index in [0.717, 1.165) is 36.1 Å². The number of hydrogen-bond acceptors (Lipinski definition) is 5. The van der Waals surface area contributed by atoms with Gasteiger partial charge in [-0.15, -0.1) is 0 Å². The molecule has 1 saturated heterocycles. The molecule has 2 aliphatic heterocycles. The Bertz CT molecular complexity index is 1080. The zero-order valence-corrected chi connectivity index (χ0v) is 22.4. The fraction of sp³-hybridized carbons (Fsp3) is 0.484. The molecule has 0 amide bonds. The van der Waals surface area contributed by atoms with Crippen molar-refractivity contribution in [1.29, 1.82) is 0 Å². The highest BCUT2D eigenvalue weighted by Gasteiger charge is 2.33. The van der Waals surface area contributed by atoms with Gasteiger partial charge in [0.2, 0.25) is 0 Å². The highest BCUT2D eigenvalue weighted by molar-refractivity contribution is 5.72. The van der Waals surface area contributed by atoms with E-state index in [0.29, 0.717) is 18.6 Å². The maximum atomic E-state index is 10.7. The van der Waals surface area contributed by atoms with Crippen LogP contribution < -0.4 is 4.74 Å². The number of carbonyl (C=O) groups is 2. The molecule has 2 atom stereocenters. The summed E-state index contributed by atoms with van der Waals surface area (Å²) < 4.78 is 11.1. The standard InChI is InChI=1S/C15H20O3.C8H10O.C7H10O2.CH4/c1-10-4-5-12-6-8-15(3,9-7-13(16)17)18-14(12)11(10)2;1-6-4-3-5-8(9)7(6)2;1-3-7(2)5-4-6(8)9-7;/h4-5H,6-9H2,1-3H3,(H,16,17);3-5,9H,1-2H3;3H,1,4-5H2,2H3;1H4. The monoisotopic (exact) mass is 512 g/mol. The number of aromatic hydroxyl groups is 1. The average Bonchev–Trinajstić information content (AvgIpc) is 3.19. The van der Waals surface area contributed by atoms with E-state index in [4.69, 9.17) is 19.7 Å². The van der Waals surface area contributed by atoms with Gasteiger partial charge in [0.05, 0.1) is 0 Å². The van der Waals surface area contributed by atoms with Crippen LogP contribution >= 0.6 is 0 Å². The third-order valence-electron chi connectivity index (χ3n) is 7.08.